The molecule has 0 bridgehead atoms. The summed E-state index contributed by atoms with van der Waals surface area (Å²) in [7, 11) is 0. The third kappa shape index (κ3) is 3.78. The highest BCUT2D eigenvalue weighted by Crippen LogP contribution is 2.15. The number of nitrogens with zero attached hydrogens (tertiary/aromatic N) is 4. The third-order valence-electron chi connectivity index (χ3n) is 4.26. The topological polar surface area (TPSA) is 125 Å². The number of carbonyl (C=O) groups excluding carboxylic acids is 2. The SMILES string of the molecule is NC(=O)c1nn(CC(=O)Nc2ccnn2Cc2cccs2)c(=O)c2ccccc12. The molecule has 0 saturated carbocycles. The van der Waals surface area contributed by atoms with Gasteiger partial charge in [-0.05, 0) is 17.5 Å². The van der Waals surface area contributed by atoms with Crippen LogP contribution in [0.4, 0.5) is 5.82 Å². The Balaban J connectivity index is 1.59. The molecule has 9 nitrogen and oxygen atoms in total. The summed E-state index contributed by atoms with van der Waals surface area (Å²) in [6.45, 7) is 0.147. The fraction of sp³-hybridized carbons (Fsp3) is 0.105. The molecule has 0 unspecified atom stereocenters. The van der Waals surface area contributed by atoms with Crippen molar-refractivity contribution in [3.8, 4) is 0 Å². The van der Waals surface area contributed by atoms with Gasteiger partial charge in [0.15, 0.2) is 5.69 Å². The average Bonchev–Trinajstić information content (AvgIpc) is 3.37. The third-order valence-corrected chi connectivity index (χ3v) is 5.13. The van der Waals surface area contributed by atoms with Crippen molar-refractivity contribution in [2.24, 2.45) is 5.73 Å². The Morgan fingerprint density at radius 3 is 2.59 bits per heavy atom. The lowest BCUT2D eigenvalue weighted by molar-refractivity contribution is -0.117. The van der Waals surface area contributed by atoms with Gasteiger partial charge in [0.1, 0.15) is 12.4 Å². The van der Waals surface area contributed by atoms with Crippen LogP contribution in [-0.2, 0) is 17.9 Å². The second-order valence-corrected chi connectivity index (χ2v) is 7.26. The van der Waals surface area contributed by atoms with Crippen LogP contribution in [0.1, 0.15) is 15.4 Å². The molecular weight excluding hydrogens is 392 g/mol. The Bertz CT molecular complexity index is 1260. The number of hydrogen-bond donors (Lipinski definition) is 2. The van der Waals surface area contributed by atoms with E-state index in [9.17, 15) is 14.4 Å². The Labute approximate surface area is 168 Å². The zero-order valence-electron chi connectivity index (χ0n) is 15.1. The summed E-state index contributed by atoms with van der Waals surface area (Å²) < 4.78 is 2.59. The van der Waals surface area contributed by atoms with Crippen molar-refractivity contribution in [2.75, 3.05) is 5.32 Å². The van der Waals surface area contributed by atoms with Crippen molar-refractivity contribution in [1.82, 2.24) is 19.6 Å². The van der Waals surface area contributed by atoms with Crippen molar-refractivity contribution in [3.05, 3.63) is 75.0 Å². The van der Waals surface area contributed by atoms with Gasteiger partial charge >= 0.3 is 0 Å². The Hall–Kier alpha value is -3.79. The van der Waals surface area contributed by atoms with Crippen LogP contribution in [-0.4, -0.2) is 31.4 Å². The molecule has 2 amide bonds. The zero-order valence-corrected chi connectivity index (χ0v) is 15.9. The van der Waals surface area contributed by atoms with E-state index in [0.29, 0.717) is 17.7 Å². The lowest BCUT2D eigenvalue weighted by atomic mass is 10.1. The van der Waals surface area contributed by atoms with Gasteiger partial charge in [0.2, 0.25) is 5.91 Å². The normalized spacial score (nSPS) is 10.9. The number of thiophene rings is 1. The number of carbonyl (C=O) groups is 2. The van der Waals surface area contributed by atoms with Crippen molar-refractivity contribution in [3.63, 3.8) is 0 Å². The number of hydrogen-bond acceptors (Lipinski definition) is 6. The van der Waals surface area contributed by atoms with E-state index in [2.05, 4.69) is 15.5 Å². The number of nitrogens with one attached hydrogen (secondary N) is 1. The van der Waals surface area contributed by atoms with E-state index in [4.69, 9.17) is 5.73 Å². The zero-order chi connectivity index (χ0) is 20.4. The lowest BCUT2D eigenvalue weighted by Gasteiger charge is -2.11. The van der Waals surface area contributed by atoms with E-state index in [1.54, 1.807) is 52.5 Å². The van der Waals surface area contributed by atoms with Crippen molar-refractivity contribution >= 4 is 39.7 Å². The van der Waals surface area contributed by atoms with Gasteiger partial charge in [0.05, 0.1) is 18.1 Å². The molecule has 1 aromatic carbocycles. The molecule has 0 spiro atoms. The van der Waals surface area contributed by atoms with Crippen LogP contribution in [0, 0.1) is 0 Å². The average molecular weight is 408 g/mol. The van der Waals surface area contributed by atoms with Crippen molar-refractivity contribution < 1.29 is 9.59 Å². The standard InChI is InChI=1S/C19H16N6O3S/c20-18(27)17-13-5-1-2-6-14(13)19(28)25(23-17)11-16(26)22-15-7-8-21-24(15)10-12-4-3-9-29-12/h1-9H,10-11H2,(H2,20,27)(H,22,26). The largest absolute Gasteiger partial charge is 0.364 e. The first-order valence-corrected chi connectivity index (χ1v) is 9.54. The monoisotopic (exact) mass is 408 g/mol. The highest BCUT2D eigenvalue weighted by atomic mass is 32.1. The maximum Gasteiger partial charge on any atom is 0.275 e. The molecule has 4 aromatic rings. The number of fused-ring (bicyclic) bond motifs is 1. The first-order valence-electron chi connectivity index (χ1n) is 8.66. The first kappa shape index (κ1) is 18.6. The summed E-state index contributed by atoms with van der Waals surface area (Å²) in [6.07, 6.45) is 1.58. The van der Waals surface area contributed by atoms with E-state index < -0.39 is 17.4 Å². The molecule has 0 aliphatic rings. The smallest absolute Gasteiger partial charge is 0.275 e. The van der Waals surface area contributed by atoms with Gasteiger partial charge in [-0.2, -0.15) is 10.2 Å². The van der Waals surface area contributed by atoms with E-state index in [1.165, 1.54) is 0 Å². The van der Waals surface area contributed by atoms with Gasteiger partial charge in [-0.15, -0.1) is 11.3 Å². The molecule has 29 heavy (non-hydrogen) atoms. The van der Waals surface area contributed by atoms with Crippen LogP contribution < -0.4 is 16.6 Å². The van der Waals surface area contributed by atoms with Gasteiger partial charge < -0.3 is 11.1 Å². The minimum Gasteiger partial charge on any atom is -0.364 e. The van der Waals surface area contributed by atoms with Crippen LogP contribution >= 0.6 is 11.3 Å². The highest BCUT2D eigenvalue weighted by Gasteiger charge is 2.16. The van der Waals surface area contributed by atoms with Crippen LogP contribution in [0.15, 0.2) is 58.8 Å². The molecule has 0 atom stereocenters. The molecule has 4 rings (SSSR count). The van der Waals surface area contributed by atoms with Crippen LogP contribution in [0.2, 0.25) is 0 Å². The predicted octanol–water partition coefficient (Wildman–Crippen LogP) is 1.44. The van der Waals surface area contributed by atoms with Gasteiger partial charge in [-0.3, -0.25) is 14.4 Å². The number of nitrogens with two attached hydrogens (primary N) is 1. The van der Waals surface area contributed by atoms with Crippen molar-refractivity contribution in [2.45, 2.75) is 13.1 Å². The van der Waals surface area contributed by atoms with Gasteiger partial charge in [0, 0.05) is 16.3 Å². The molecule has 0 aliphatic carbocycles. The molecule has 10 heteroatoms. The van der Waals surface area contributed by atoms with Crippen LogP contribution in [0.3, 0.4) is 0 Å². The molecular formula is C19H16N6O3S. The summed E-state index contributed by atoms with van der Waals surface area (Å²) >= 11 is 1.59. The molecule has 0 aliphatic heterocycles. The summed E-state index contributed by atoms with van der Waals surface area (Å²) in [4.78, 5) is 38.0. The van der Waals surface area contributed by atoms with Gasteiger partial charge in [-0.25, -0.2) is 9.36 Å². The highest BCUT2D eigenvalue weighted by molar-refractivity contribution is 7.09. The minimum atomic E-state index is -0.774. The molecule has 3 heterocycles. The summed E-state index contributed by atoms with van der Waals surface area (Å²) in [5, 5.41) is 13.5. The molecule has 3 aromatic heterocycles. The Morgan fingerprint density at radius 1 is 1.07 bits per heavy atom. The maximum absolute atomic E-state index is 12.7. The second kappa shape index (κ2) is 7.68. The summed E-state index contributed by atoms with van der Waals surface area (Å²) in [5.41, 5.74) is 4.86. The molecule has 146 valence electrons. The first-order chi connectivity index (χ1) is 14.0. The van der Waals surface area contributed by atoms with Gasteiger partial charge in [-0.1, -0.05) is 24.3 Å². The van der Waals surface area contributed by atoms with Crippen molar-refractivity contribution in [1.29, 1.82) is 0 Å². The molecule has 0 saturated heterocycles. The van der Waals surface area contributed by atoms with E-state index in [1.807, 2.05) is 17.5 Å². The Morgan fingerprint density at radius 2 is 1.86 bits per heavy atom. The number of amides is 2. The Kier molecular flexibility index (Phi) is 4.92. The number of aromatic nitrogens is 4. The van der Waals surface area contributed by atoms with Crippen LogP contribution in [0.5, 0.6) is 0 Å². The van der Waals surface area contributed by atoms with E-state index in [0.717, 1.165) is 9.56 Å². The minimum absolute atomic E-state index is 0.0595. The number of benzene rings is 1. The molecule has 0 fully saturated rings. The fourth-order valence-corrected chi connectivity index (χ4v) is 3.64. The molecule has 0 radical (unpaired) electrons. The van der Waals surface area contributed by atoms with Gasteiger partial charge in [0.25, 0.3) is 11.5 Å². The summed E-state index contributed by atoms with van der Waals surface area (Å²) in [5.74, 6) is -0.755. The fourth-order valence-electron chi connectivity index (χ4n) is 2.96. The number of primary amides is 1. The lowest BCUT2D eigenvalue weighted by Crippen LogP contribution is -2.32. The number of anilines is 1. The molecule has 3 N–H and O–H groups in total. The second-order valence-electron chi connectivity index (χ2n) is 6.22. The quantitative estimate of drug-likeness (QED) is 0.499. The van der Waals surface area contributed by atoms with E-state index in [-0.39, 0.29) is 17.6 Å². The maximum atomic E-state index is 12.7. The van der Waals surface area contributed by atoms with E-state index >= 15 is 0 Å². The number of rotatable bonds is 6. The summed E-state index contributed by atoms with van der Waals surface area (Å²) in [6, 6.07) is 12.1. The van der Waals surface area contributed by atoms with Crippen LogP contribution in [0.25, 0.3) is 10.8 Å². The predicted molar refractivity (Wildman–Crippen MR) is 109 cm³/mol.